The van der Waals surface area contributed by atoms with Crippen LogP contribution in [0.5, 0.6) is 5.75 Å². The Morgan fingerprint density at radius 2 is 2.19 bits per heavy atom. The van der Waals surface area contributed by atoms with Crippen molar-refractivity contribution in [2.24, 2.45) is 0 Å². The van der Waals surface area contributed by atoms with E-state index in [4.69, 9.17) is 4.74 Å². The Balaban J connectivity index is 1.26. The average molecular weight is 359 g/mol. The lowest BCUT2D eigenvalue weighted by atomic mass is 10.0. The lowest BCUT2D eigenvalue weighted by molar-refractivity contribution is -0.885. The molecule has 2 fully saturated rings. The van der Waals surface area contributed by atoms with Gasteiger partial charge in [0.25, 0.3) is 0 Å². The molecule has 1 aromatic rings. The molecule has 3 aliphatic rings. The predicted molar refractivity (Wildman–Crippen MR) is 100 cm³/mol. The molecule has 0 bridgehead atoms. The lowest BCUT2D eigenvalue weighted by Gasteiger charge is -2.38. The maximum atomic E-state index is 12.6. The summed E-state index contributed by atoms with van der Waals surface area (Å²) in [6.45, 7) is 2.47. The predicted octanol–water partition coefficient (Wildman–Crippen LogP) is 1.89. The van der Waals surface area contributed by atoms with Crippen LogP contribution in [0.3, 0.4) is 0 Å². The molecule has 4 unspecified atom stereocenters. The summed E-state index contributed by atoms with van der Waals surface area (Å²) in [6, 6.07) is 8.08. The zero-order valence-corrected chi connectivity index (χ0v) is 15.5. The molecule has 1 aromatic carbocycles. The largest absolute Gasteiger partial charge is 0.632 e. The van der Waals surface area contributed by atoms with Gasteiger partial charge in [-0.05, 0) is 25.1 Å². The molecule has 3 aliphatic heterocycles. The molecule has 4 rings (SSSR count). The Bertz CT molecular complexity index is 667. The van der Waals surface area contributed by atoms with Gasteiger partial charge in [0.1, 0.15) is 18.5 Å². The van der Waals surface area contributed by atoms with Gasteiger partial charge in [0, 0.05) is 32.4 Å². The Morgan fingerprint density at radius 3 is 3.04 bits per heavy atom. The first-order valence-corrected chi connectivity index (χ1v) is 9.66. The molecule has 6 heteroatoms. The monoisotopic (exact) mass is 359 g/mol. The number of para-hydroxylation sites is 1. The number of benzene rings is 1. The van der Waals surface area contributed by atoms with Crippen molar-refractivity contribution < 1.29 is 14.5 Å². The van der Waals surface area contributed by atoms with Gasteiger partial charge in [-0.1, -0.05) is 30.4 Å². The number of likely N-dealkylation sites (N-methyl/N-ethyl adjacent to an activating group) is 1. The number of hydrogen-bond donors (Lipinski definition) is 1. The van der Waals surface area contributed by atoms with Crippen molar-refractivity contribution in [1.29, 1.82) is 0 Å². The third-order valence-corrected chi connectivity index (χ3v) is 6.07. The Hall–Kier alpha value is -1.44. The summed E-state index contributed by atoms with van der Waals surface area (Å²) in [5.41, 5.74) is 1.28. The highest BCUT2D eigenvalue weighted by Gasteiger charge is 2.49. The molecule has 0 aliphatic carbocycles. The SMILES string of the molecule is CN(C/C=C\CN1C[N+]2([O-])CCCC2C1O)C1CCc2ccccc2O1. The van der Waals surface area contributed by atoms with Gasteiger partial charge in [-0.15, -0.1) is 0 Å². The van der Waals surface area contributed by atoms with E-state index in [1.807, 2.05) is 17.0 Å². The smallest absolute Gasteiger partial charge is 0.164 e. The zero-order valence-electron chi connectivity index (χ0n) is 15.5. The highest BCUT2D eigenvalue weighted by atomic mass is 16.6. The first-order valence-electron chi connectivity index (χ1n) is 9.66. The summed E-state index contributed by atoms with van der Waals surface area (Å²) < 4.78 is 5.87. The normalized spacial score (nSPS) is 34.2. The number of aryl methyl sites for hydroxylation is 1. The van der Waals surface area contributed by atoms with Gasteiger partial charge in [0.2, 0.25) is 0 Å². The van der Waals surface area contributed by atoms with Crippen molar-refractivity contribution in [2.45, 2.75) is 44.2 Å². The van der Waals surface area contributed by atoms with E-state index in [0.29, 0.717) is 19.8 Å². The highest BCUT2D eigenvalue weighted by Crippen LogP contribution is 2.35. The molecule has 0 saturated carbocycles. The van der Waals surface area contributed by atoms with E-state index in [9.17, 15) is 10.3 Å². The number of ether oxygens (including phenoxy) is 1. The van der Waals surface area contributed by atoms with E-state index in [-0.39, 0.29) is 16.9 Å². The topological polar surface area (TPSA) is 59.0 Å². The van der Waals surface area contributed by atoms with Crippen LogP contribution in [0.1, 0.15) is 24.8 Å². The molecule has 0 spiro atoms. The molecule has 0 amide bonds. The molecule has 26 heavy (non-hydrogen) atoms. The fraction of sp³-hybridized carbons (Fsp3) is 0.600. The van der Waals surface area contributed by atoms with Crippen LogP contribution in [0.15, 0.2) is 36.4 Å². The lowest BCUT2D eigenvalue weighted by Crippen LogP contribution is -2.44. The molecule has 142 valence electrons. The number of rotatable bonds is 5. The van der Waals surface area contributed by atoms with Crippen molar-refractivity contribution in [3.63, 3.8) is 0 Å². The van der Waals surface area contributed by atoms with E-state index in [1.165, 1.54) is 5.56 Å². The van der Waals surface area contributed by atoms with Gasteiger partial charge in [0.15, 0.2) is 12.5 Å². The van der Waals surface area contributed by atoms with Gasteiger partial charge in [-0.25, -0.2) is 4.90 Å². The quantitative estimate of drug-likeness (QED) is 0.494. The van der Waals surface area contributed by atoms with Gasteiger partial charge in [-0.2, -0.15) is 0 Å². The van der Waals surface area contributed by atoms with Crippen LogP contribution < -0.4 is 4.74 Å². The Morgan fingerprint density at radius 1 is 1.35 bits per heavy atom. The maximum absolute atomic E-state index is 12.6. The van der Waals surface area contributed by atoms with E-state index < -0.39 is 6.23 Å². The number of hydroxylamine groups is 3. The molecule has 2 saturated heterocycles. The van der Waals surface area contributed by atoms with Crippen LogP contribution in [0.2, 0.25) is 0 Å². The fourth-order valence-corrected chi connectivity index (χ4v) is 4.53. The van der Waals surface area contributed by atoms with E-state index >= 15 is 0 Å². The van der Waals surface area contributed by atoms with E-state index in [0.717, 1.165) is 38.0 Å². The second kappa shape index (κ2) is 7.29. The summed E-state index contributed by atoms with van der Waals surface area (Å²) >= 11 is 0. The van der Waals surface area contributed by atoms with Gasteiger partial charge in [-0.3, -0.25) is 4.90 Å². The first kappa shape index (κ1) is 17.9. The maximum Gasteiger partial charge on any atom is 0.164 e. The van der Waals surface area contributed by atoms with Crippen molar-refractivity contribution in [1.82, 2.24) is 9.80 Å². The molecule has 3 heterocycles. The van der Waals surface area contributed by atoms with Gasteiger partial charge < -0.3 is 19.7 Å². The summed E-state index contributed by atoms with van der Waals surface area (Å²) in [5.74, 6) is 0.991. The number of nitrogens with zero attached hydrogens (tertiary/aromatic N) is 3. The van der Waals surface area contributed by atoms with Crippen LogP contribution in [0, 0.1) is 5.21 Å². The molecule has 4 atom stereocenters. The van der Waals surface area contributed by atoms with Crippen LogP contribution >= 0.6 is 0 Å². The molecule has 6 nitrogen and oxygen atoms in total. The number of aliphatic hydroxyl groups is 1. The summed E-state index contributed by atoms with van der Waals surface area (Å²) in [5, 5.41) is 23.0. The van der Waals surface area contributed by atoms with Crippen molar-refractivity contribution >= 4 is 0 Å². The minimum atomic E-state index is -0.601. The first-order chi connectivity index (χ1) is 12.6. The highest BCUT2D eigenvalue weighted by molar-refractivity contribution is 5.34. The summed E-state index contributed by atoms with van der Waals surface area (Å²) in [6.07, 6.45) is 7.46. The average Bonchev–Trinajstić information content (AvgIpc) is 3.14. The third-order valence-electron chi connectivity index (χ3n) is 6.07. The summed E-state index contributed by atoms with van der Waals surface area (Å²) in [7, 11) is 2.07. The van der Waals surface area contributed by atoms with Crippen LogP contribution in [-0.2, 0) is 6.42 Å². The Kier molecular flexibility index (Phi) is 5.03. The van der Waals surface area contributed by atoms with E-state index in [1.54, 1.807) is 0 Å². The number of fused-ring (bicyclic) bond motifs is 2. The second-order valence-electron chi connectivity index (χ2n) is 7.84. The minimum Gasteiger partial charge on any atom is -0.632 e. The third kappa shape index (κ3) is 3.40. The zero-order chi connectivity index (χ0) is 18.1. The standard InChI is InChI=1S/C20H29N3O3/c1-21(19-11-10-16-7-2-3-9-18(16)26-19)12-4-5-13-22-15-23(25)14-6-8-17(23)20(22)24/h2-5,7,9,17,19-20,24H,6,8,10-15H2,1H3/b5-4-. The Labute approximate surface area is 155 Å². The second-order valence-corrected chi connectivity index (χ2v) is 7.84. The molecule has 1 N–H and O–H groups in total. The molecule has 0 radical (unpaired) electrons. The fourth-order valence-electron chi connectivity index (χ4n) is 4.53. The minimum absolute atomic E-state index is 0.0906. The van der Waals surface area contributed by atoms with Crippen LogP contribution in [0.25, 0.3) is 0 Å². The molecular formula is C20H29N3O3. The molecular weight excluding hydrogens is 330 g/mol. The van der Waals surface area contributed by atoms with E-state index in [2.05, 4.69) is 36.2 Å². The van der Waals surface area contributed by atoms with Crippen LogP contribution in [-0.4, -0.2) is 71.4 Å². The van der Waals surface area contributed by atoms with Crippen molar-refractivity contribution in [3.05, 3.63) is 47.2 Å². The van der Waals surface area contributed by atoms with Crippen molar-refractivity contribution in [2.75, 3.05) is 33.4 Å². The number of hydrogen-bond acceptors (Lipinski definition) is 5. The number of aliphatic hydroxyl groups excluding tert-OH is 1. The van der Waals surface area contributed by atoms with Crippen molar-refractivity contribution in [3.8, 4) is 5.75 Å². The summed E-state index contributed by atoms with van der Waals surface area (Å²) in [4.78, 5) is 4.10. The van der Waals surface area contributed by atoms with Gasteiger partial charge >= 0.3 is 0 Å². The number of quaternary nitrogens is 1. The molecule has 0 aromatic heterocycles. The van der Waals surface area contributed by atoms with Crippen LogP contribution in [0.4, 0.5) is 0 Å². The van der Waals surface area contributed by atoms with Gasteiger partial charge in [0.05, 0.1) is 6.54 Å².